The van der Waals surface area contributed by atoms with Gasteiger partial charge in [-0.05, 0) is 46.8 Å². The lowest BCUT2D eigenvalue weighted by Gasteiger charge is -2.17. The molecule has 1 atom stereocenters. The molecule has 1 rings (SSSR count). The molecule has 18 heavy (non-hydrogen) atoms. The van der Waals surface area contributed by atoms with E-state index in [1.54, 1.807) is 21.1 Å². The summed E-state index contributed by atoms with van der Waals surface area (Å²) in [5, 5.41) is 0. The van der Waals surface area contributed by atoms with Gasteiger partial charge in [-0.25, -0.2) is 0 Å². The van der Waals surface area contributed by atoms with Crippen LogP contribution >= 0.6 is 15.9 Å². The number of hydrogen-bond donors (Lipinski definition) is 0. The topological polar surface area (TPSA) is 35.5 Å². The summed E-state index contributed by atoms with van der Waals surface area (Å²) < 4.78 is 11.5. The van der Waals surface area contributed by atoms with E-state index in [9.17, 15) is 4.79 Å². The second-order valence-corrected chi connectivity index (χ2v) is 5.22. The van der Waals surface area contributed by atoms with Crippen molar-refractivity contribution >= 4 is 21.7 Å². The molecule has 4 heteroatoms. The summed E-state index contributed by atoms with van der Waals surface area (Å²) >= 11 is 3.47. The van der Waals surface area contributed by atoms with Crippen LogP contribution in [-0.2, 0) is 4.79 Å². The summed E-state index contributed by atoms with van der Waals surface area (Å²) in [4.78, 5) is 11.0. The van der Waals surface area contributed by atoms with Crippen molar-refractivity contribution in [2.24, 2.45) is 0 Å². The van der Waals surface area contributed by atoms with E-state index in [4.69, 9.17) is 9.47 Å². The monoisotopic (exact) mass is 314 g/mol. The van der Waals surface area contributed by atoms with Gasteiger partial charge in [-0.2, -0.15) is 0 Å². The molecular weight excluding hydrogens is 296 g/mol. The minimum atomic E-state index is 0.216. The number of hydrogen-bond acceptors (Lipinski definition) is 3. The van der Waals surface area contributed by atoms with Crippen molar-refractivity contribution < 1.29 is 14.3 Å². The zero-order chi connectivity index (χ0) is 13.7. The van der Waals surface area contributed by atoms with Crippen LogP contribution in [-0.4, -0.2) is 20.0 Å². The van der Waals surface area contributed by atoms with Crippen molar-refractivity contribution in [2.75, 3.05) is 14.2 Å². The number of halogens is 1. The fraction of sp³-hybridized carbons (Fsp3) is 0.500. The molecule has 100 valence electrons. The first kappa shape index (κ1) is 15.0. The summed E-state index contributed by atoms with van der Waals surface area (Å²) in [6.45, 7) is 3.72. The maximum atomic E-state index is 11.0. The molecule has 0 bridgehead atoms. The van der Waals surface area contributed by atoms with Gasteiger partial charge in [-0.3, -0.25) is 0 Å². The van der Waals surface area contributed by atoms with Gasteiger partial charge in [0.1, 0.15) is 17.3 Å². The van der Waals surface area contributed by atoms with Crippen LogP contribution in [0.1, 0.15) is 38.2 Å². The van der Waals surface area contributed by atoms with Gasteiger partial charge < -0.3 is 14.3 Å². The van der Waals surface area contributed by atoms with E-state index in [1.807, 2.05) is 12.1 Å². The molecule has 1 aromatic carbocycles. The molecule has 0 radical (unpaired) electrons. The number of Topliss-reactive ketones (excluding diaryl/α,β-unsaturated/α-hetero) is 1. The van der Waals surface area contributed by atoms with E-state index in [0.29, 0.717) is 6.42 Å². The van der Waals surface area contributed by atoms with Crippen LogP contribution in [0.2, 0.25) is 0 Å². The second kappa shape index (κ2) is 6.78. The summed E-state index contributed by atoms with van der Waals surface area (Å²) in [5.41, 5.74) is 1.09. The molecule has 0 aromatic heterocycles. The Morgan fingerprint density at radius 2 is 1.89 bits per heavy atom. The highest BCUT2D eigenvalue weighted by Crippen LogP contribution is 2.37. The van der Waals surface area contributed by atoms with Crippen LogP contribution in [0.25, 0.3) is 0 Å². The first-order chi connectivity index (χ1) is 8.49. The Labute approximate surface area is 117 Å². The third kappa shape index (κ3) is 3.73. The third-order valence-corrected chi connectivity index (χ3v) is 3.58. The zero-order valence-corrected chi connectivity index (χ0v) is 12.8. The summed E-state index contributed by atoms with van der Waals surface area (Å²) in [7, 11) is 3.27. The van der Waals surface area contributed by atoms with Crippen LogP contribution in [0.3, 0.4) is 0 Å². The summed E-state index contributed by atoms with van der Waals surface area (Å²) in [6, 6.07) is 3.87. The van der Waals surface area contributed by atoms with E-state index in [2.05, 4.69) is 22.9 Å². The molecule has 0 aliphatic heterocycles. The molecule has 1 unspecified atom stereocenters. The van der Waals surface area contributed by atoms with Crippen molar-refractivity contribution in [3.05, 3.63) is 22.2 Å². The van der Waals surface area contributed by atoms with E-state index < -0.39 is 0 Å². The summed E-state index contributed by atoms with van der Waals surface area (Å²) in [5.74, 6) is 2.03. The van der Waals surface area contributed by atoms with Gasteiger partial charge >= 0.3 is 0 Å². The number of carbonyl (C=O) groups excluding carboxylic acids is 1. The van der Waals surface area contributed by atoms with E-state index >= 15 is 0 Å². The Morgan fingerprint density at radius 1 is 1.28 bits per heavy atom. The fourth-order valence-electron chi connectivity index (χ4n) is 1.84. The first-order valence-electron chi connectivity index (χ1n) is 5.90. The van der Waals surface area contributed by atoms with Gasteiger partial charge in [0.05, 0.1) is 18.7 Å². The molecule has 0 heterocycles. The second-order valence-electron chi connectivity index (χ2n) is 4.37. The molecule has 0 saturated carbocycles. The highest BCUT2D eigenvalue weighted by Gasteiger charge is 2.15. The quantitative estimate of drug-likeness (QED) is 0.797. The lowest BCUT2D eigenvalue weighted by atomic mass is 9.94. The van der Waals surface area contributed by atoms with Gasteiger partial charge in [-0.1, -0.05) is 6.92 Å². The van der Waals surface area contributed by atoms with Crippen LogP contribution in [0.5, 0.6) is 11.5 Å². The van der Waals surface area contributed by atoms with E-state index in [1.165, 1.54) is 0 Å². The Balaban J connectivity index is 2.99. The number of rotatable bonds is 6. The summed E-state index contributed by atoms with van der Waals surface area (Å²) in [6.07, 6.45) is 1.42. The SMILES string of the molecule is COc1cc(OC)c(C(C)CCC(C)=O)cc1Br. The average Bonchev–Trinajstić information content (AvgIpc) is 2.35. The van der Waals surface area contributed by atoms with Crippen molar-refractivity contribution in [3.63, 3.8) is 0 Å². The minimum absolute atomic E-state index is 0.216. The van der Waals surface area contributed by atoms with Crippen LogP contribution < -0.4 is 9.47 Å². The number of benzene rings is 1. The predicted molar refractivity (Wildman–Crippen MR) is 75.6 cm³/mol. The third-order valence-electron chi connectivity index (χ3n) is 2.96. The molecule has 0 fully saturated rings. The van der Waals surface area contributed by atoms with Crippen LogP contribution in [0, 0.1) is 0 Å². The van der Waals surface area contributed by atoms with Crippen molar-refractivity contribution in [1.82, 2.24) is 0 Å². The molecule has 3 nitrogen and oxygen atoms in total. The zero-order valence-electron chi connectivity index (χ0n) is 11.2. The van der Waals surface area contributed by atoms with Gasteiger partial charge in [0.15, 0.2) is 0 Å². The maximum absolute atomic E-state index is 11.0. The van der Waals surface area contributed by atoms with Gasteiger partial charge in [0, 0.05) is 12.5 Å². The molecule has 0 spiro atoms. The fourth-order valence-corrected chi connectivity index (χ4v) is 2.37. The standard InChI is InChI=1S/C14H19BrO3/c1-9(5-6-10(2)16)11-7-12(15)14(18-4)8-13(11)17-3/h7-9H,5-6H2,1-4H3. The van der Waals surface area contributed by atoms with Crippen molar-refractivity contribution in [1.29, 1.82) is 0 Å². The van der Waals surface area contributed by atoms with Crippen molar-refractivity contribution in [2.45, 2.75) is 32.6 Å². The predicted octanol–water partition coefficient (Wildman–Crippen LogP) is 3.94. The number of ketones is 1. The van der Waals surface area contributed by atoms with Gasteiger partial charge in [0.25, 0.3) is 0 Å². The van der Waals surface area contributed by atoms with Gasteiger partial charge in [-0.15, -0.1) is 0 Å². The maximum Gasteiger partial charge on any atom is 0.136 e. The molecule has 0 amide bonds. The molecule has 1 aromatic rings. The lowest BCUT2D eigenvalue weighted by Crippen LogP contribution is -2.01. The molecule has 0 aliphatic carbocycles. The van der Waals surface area contributed by atoms with E-state index in [-0.39, 0.29) is 11.7 Å². The highest BCUT2D eigenvalue weighted by molar-refractivity contribution is 9.10. The number of methoxy groups -OCH3 is 2. The molecular formula is C14H19BrO3. The highest BCUT2D eigenvalue weighted by atomic mass is 79.9. The lowest BCUT2D eigenvalue weighted by molar-refractivity contribution is -0.117. The Hall–Kier alpha value is -1.03. The molecule has 0 N–H and O–H groups in total. The Bertz CT molecular complexity index is 429. The average molecular weight is 315 g/mol. The van der Waals surface area contributed by atoms with E-state index in [0.717, 1.165) is 28.0 Å². The number of ether oxygens (including phenoxy) is 2. The smallest absolute Gasteiger partial charge is 0.136 e. The van der Waals surface area contributed by atoms with Crippen LogP contribution in [0.4, 0.5) is 0 Å². The normalized spacial score (nSPS) is 12.1. The first-order valence-corrected chi connectivity index (χ1v) is 6.69. The largest absolute Gasteiger partial charge is 0.496 e. The Kier molecular flexibility index (Phi) is 5.66. The molecule has 0 saturated heterocycles. The number of carbonyl (C=O) groups is 1. The van der Waals surface area contributed by atoms with Crippen molar-refractivity contribution in [3.8, 4) is 11.5 Å². The van der Waals surface area contributed by atoms with Crippen LogP contribution in [0.15, 0.2) is 16.6 Å². The molecule has 0 aliphatic rings. The van der Waals surface area contributed by atoms with Gasteiger partial charge in [0.2, 0.25) is 0 Å². The minimum Gasteiger partial charge on any atom is -0.496 e. The Morgan fingerprint density at radius 3 is 2.39 bits per heavy atom.